The number of hydrogen-bond acceptors (Lipinski definition) is 4. The number of rotatable bonds is 4. The first-order valence-corrected chi connectivity index (χ1v) is 7.56. The van der Waals surface area contributed by atoms with E-state index < -0.39 is 17.5 Å². The van der Waals surface area contributed by atoms with Gasteiger partial charge in [-0.15, -0.1) is 0 Å². The minimum absolute atomic E-state index is 0.0384. The van der Waals surface area contributed by atoms with Crippen LogP contribution in [0.3, 0.4) is 0 Å². The van der Waals surface area contributed by atoms with E-state index in [-0.39, 0.29) is 12.4 Å². The molecule has 0 saturated carbocycles. The lowest BCUT2D eigenvalue weighted by Crippen LogP contribution is -2.27. The number of methoxy groups -OCH3 is 1. The Morgan fingerprint density at radius 2 is 1.61 bits per heavy atom. The molecule has 0 N–H and O–H groups in total. The Morgan fingerprint density at radius 3 is 2.09 bits per heavy atom. The Kier molecular flexibility index (Phi) is 4.15. The summed E-state index contributed by atoms with van der Waals surface area (Å²) in [4.78, 5) is 23.9. The van der Waals surface area contributed by atoms with Gasteiger partial charge in [0.15, 0.2) is 5.60 Å². The lowest BCUT2D eigenvalue weighted by Gasteiger charge is -2.29. The number of hydrogen-bond donors (Lipinski definition) is 0. The molecular weight excluding hydrogens is 292 g/mol. The van der Waals surface area contributed by atoms with Crippen molar-refractivity contribution < 1.29 is 19.1 Å². The third kappa shape index (κ3) is 2.84. The van der Waals surface area contributed by atoms with Crippen LogP contribution in [0.25, 0.3) is 0 Å². The first-order chi connectivity index (χ1) is 11.2. The van der Waals surface area contributed by atoms with Gasteiger partial charge in [0.1, 0.15) is 0 Å². The first-order valence-electron chi connectivity index (χ1n) is 7.56. The van der Waals surface area contributed by atoms with Crippen molar-refractivity contribution >= 4 is 11.9 Å². The normalized spacial score (nSPS) is 19.2. The molecule has 0 bridgehead atoms. The van der Waals surface area contributed by atoms with Gasteiger partial charge < -0.3 is 9.47 Å². The summed E-state index contributed by atoms with van der Waals surface area (Å²) in [5.74, 6) is -1.25. The quantitative estimate of drug-likeness (QED) is 0.815. The van der Waals surface area contributed by atoms with Gasteiger partial charge in [-0.05, 0) is 0 Å². The van der Waals surface area contributed by atoms with Crippen molar-refractivity contribution in [1.82, 2.24) is 0 Å². The highest BCUT2D eigenvalue weighted by Crippen LogP contribution is 2.46. The summed E-state index contributed by atoms with van der Waals surface area (Å²) in [6, 6.07) is 19.3. The van der Waals surface area contributed by atoms with Crippen molar-refractivity contribution in [3.05, 3.63) is 71.8 Å². The third-order valence-electron chi connectivity index (χ3n) is 4.26. The van der Waals surface area contributed by atoms with Crippen LogP contribution in [0.15, 0.2) is 60.7 Å². The first kappa shape index (κ1) is 15.3. The van der Waals surface area contributed by atoms with Gasteiger partial charge in [0.2, 0.25) is 0 Å². The van der Waals surface area contributed by atoms with Crippen molar-refractivity contribution in [2.24, 2.45) is 5.92 Å². The molecule has 1 unspecified atom stereocenters. The molecule has 2 aromatic rings. The maximum absolute atomic E-state index is 12.4. The summed E-state index contributed by atoms with van der Waals surface area (Å²) >= 11 is 0. The summed E-state index contributed by atoms with van der Waals surface area (Å²) < 4.78 is 10.5. The predicted molar refractivity (Wildman–Crippen MR) is 84.5 cm³/mol. The van der Waals surface area contributed by atoms with Crippen LogP contribution in [0.5, 0.6) is 0 Å². The van der Waals surface area contributed by atoms with Gasteiger partial charge in [0.05, 0.1) is 19.4 Å². The summed E-state index contributed by atoms with van der Waals surface area (Å²) in [6.07, 6.45) is 0.464. The number of esters is 2. The smallest absolute Gasteiger partial charge is 0.310 e. The molecule has 118 valence electrons. The molecule has 1 atom stereocenters. The SMILES string of the molecule is COC(=O)CC1CC(c2ccccc2)(c2ccccc2)OC1=O. The van der Waals surface area contributed by atoms with Gasteiger partial charge in [-0.1, -0.05) is 60.7 Å². The fraction of sp³-hybridized carbons (Fsp3) is 0.263. The van der Waals surface area contributed by atoms with Crippen LogP contribution in [0.4, 0.5) is 0 Å². The lowest BCUT2D eigenvalue weighted by atomic mass is 9.81. The fourth-order valence-corrected chi connectivity index (χ4v) is 3.10. The topological polar surface area (TPSA) is 52.6 Å². The van der Waals surface area contributed by atoms with Gasteiger partial charge in [-0.25, -0.2) is 0 Å². The Morgan fingerprint density at radius 1 is 1.09 bits per heavy atom. The second-order valence-corrected chi connectivity index (χ2v) is 5.66. The monoisotopic (exact) mass is 310 g/mol. The second kappa shape index (κ2) is 6.24. The zero-order valence-corrected chi connectivity index (χ0v) is 12.9. The van der Waals surface area contributed by atoms with Crippen LogP contribution in [0.2, 0.25) is 0 Å². The zero-order chi connectivity index (χ0) is 16.3. The molecular formula is C19H18O4. The molecule has 0 aromatic heterocycles. The molecule has 0 amide bonds. The molecule has 0 aliphatic carbocycles. The van der Waals surface area contributed by atoms with Crippen LogP contribution < -0.4 is 0 Å². The van der Waals surface area contributed by atoms with E-state index in [1.54, 1.807) is 0 Å². The maximum Gasteiger partial charge on any atom is 0.310 e. The van der Waals surface area contributed by atoms with Crippen molar-refractivity contribution in [1.29, 1.82) is 0 Å². The van der Waals surface area contributed by atoms with Crippen LogP contribution in [0.1, 0.15) is 24.0 Å². The molecule has 1 fully saturated rings. The van der Waals surface area contributed by atoms with E-state index in [0.717, 1.165) is 11.1 Å². The molecule has 1 aliphatic heterocycles. The molecule has 1 saturated heterocycles. The van der Waals surface area contributed by atoms with Gasteiger partial charge in [-0.3, -0.25) is 9.59 Å². The van der Waals surface area contributed by atoms with E-state index in [2.05, 4.69) is 0 Å². The van der Waals surface area contributed by atoms with Crippen molar-refractivity contribution in [3.63, 3.8) is 0 Å². The standard InChI is InChI=1S/C19H18O4/c1-22-17(20)12-14-13-19(23-18(14)21,15-8-4-2-5-9-15)16-10-6-3-7-11-16/h2-11,14H,12-13H2,1H3. The minimum atomic E-state index is -0.849. The lowest BCUT2D eigenvalue weighted by molar-refractivity contribution is -0.152. The molecule has 1 heterocycles. The predicted octanol–water partition coefficient (Wildman–Crippen LogP) is 3.06. The third-order valence-corrected chi connectivity index (χ3v) is 4.26. The maximum atomic E-state index is 12.4. The van der Waals surface area contributed by atoms with Crippen molar-refractivity contribution in [2.45, 2.75) is 18.4 Å². The van der Waals surface area contributed by atoms with E-state index >= 15 is 0 Å². The number of ether oxygens (including phenoxy) is 2. The van der Waals surface area contributed by atoms with E-state index in [4.69, 9.17) is 9.47 Å². The zero-order valence-electron chi connectivity index (χ0n) is 12.9. The van der Waals surface area contributed by atoms with E-state index in [9.17, 15) is 9.59 Å². The van der Waals surface area contributed by atoms with Gasteiger partial charge >= 0.3 is 11.9 Å². The van der Waals surface area contributed by atoms with Crippen LogP contribution in [-0.2, 0) is 24.7 Å². The number of carbonyl (C=O) groups is 2. The highest BCUT2D eigenvalue weighted by atomic mass is 16.6. The van der Waals surface area contributed by atoms with Gasteiger partial charge in [-0.2, -0.15) is 0 Å². The number of cyclic esters (lactones) is 1. The minimum Gasteiger partial charge on any atom is -0.469 e. The molecule has 0 spiro atoms. The summed E-state index contributed by atoms with van der Waals surface area (Å²) in [5, 5.41) is 0. The highest BCUT2D eigenvalue weighted by molar-refractivity contribution is 5.82. The Hall–Kier alpha value is -2.62. The fourth-order valence-electron chi connectivity index (χ4n) is 3.10. The van der Waals surface area contributed by atoms with Gasteiger partial charge in [0, 0.05) is 17.5 Å². The van der Waals surface area contributed by atoms with Crippen molar-refractivity contribution in [2.75, 3.05) is 7.11 Å². The van der Waals surface area contributed by atoms with Gasteiger partial charge in [0.25, 0.3) is 0 Å². The second-order valence-electron chi connectivity index (χ2n) is 5.66. The van der Waals surface area contributed by atoms with Crippen molar-refractivity contribution in [3.8, 4) is 0 Å². The average Bonchev–Trinajstić information content (AvgIpc) is 2.94. The van der Waals surface area contributed by atoms with Crippen LogP contribution in [0, 0.1) is 5.92 Å². The number of benzene rings is 2. The molecule has 2 aromatic carbocycles. The van der Waals surface area contributed by atoms with Crippen LogP contribution >= 0.6 is 0 Å². The van der Waals surface area contributed by atoms with E-state index in [1.807, 2.05) is 60.7 Å². The number of carbonyl (C=O) groups excluding carboxylic acids is 2. The summed E-state index contributed by atoms with van der Waals surface area (Å²) in [6.45, 7) is 0. The summed E-state index contributed by atoms with van der Waals surface area (Å²) in [7, 11) is 1.32. The van der Waals surface area contributed by atoms with E-state index in [0.29, 0.717) is 6.42 Å². The molecule has 3 rings (SSSR count). The Labute approximate surface area is 135 Å². The molecule has 4 heteroatoms. The molecule has 1 aliphatic rings. The molecule has 0 radical (unpaired) electrons. The Bertz CT molecular complexity index is 654. The highest BCUT2D eigenvalue weighted by Gasteiger charge is 2.49. The largest absolute Gasteiger partial charge is 0.469 e. The van der Waals surface area contributed by atoms with Crippen LogP contribution in [-0.4, -0.2) is 19.0 Å². The molecule has 4 nitrogen and oxygen atoms in total. The average molecular weight is 310 g/mol. The summed E-state index contributed by atoms with van der Waals surface area (Å²) in [5.41, 5.74) is 0.969. The van der Waals surface area contributed by atoms with E-state index in [1.165, 1.54) is 7.11 Å². The Balaban J connectivity index is 2.02. The molecule has 23 heavy (non-hydrogen) atoms.